The second kappa shape index (κ2) is 4.49. The standard InChI is InChI=1S/C12H14BrN3O/c1-3-14-11-15-10(17)12(2,16-11)8-5-4-6-9(13)7-8/h4-7H,3H2,1-2H3,(H2,14,15,16,17). The lowest BCUT2D eigenvalue weighted by Gasteiger charge is -2.21. The Morgan fingerprint density at radius 3 is 2.88 bits per heavy atom. The SMILES string of the molecule is CCN=C1NC(=O)C(C)(c2cccc(Br)c2)N1. The zero-order valence-corrected chi connectivity index (χ0v) is 11.3. The molecule has 1 amide bonds. The number of guanidine groups is 1. The monoisotopic (exact) mass is 295 g/mol. The average molecular weight is 296 g/mol. The van der Waals surface area contributed by atoms with Gasteiger partial charge in [0, 0.05) is 11.0 Å². The molecule has 0 spiro atoms. The van der Waals surface area contributed by atoms with E-state index < -0.39 is 5.54 Å². The van der Waals surface area contributed by atoms with Gasteiger partial charge in [-0.1, -0.05) is 28.1 Å². The number of nitrogens with one attached hydrogen (secondary N) is 2. The van der Waals surface area contributed by atoms with Crippen molar-refractivity contribution in [3.63, 3.8) is 0 Å². The Kier molecular flexibility index (Phi) is 3.19. The van der Waals surface area contributed by atoms with Crippen molar-refractivity contribution in [2.75, 3.05) is 6.54 Å². The third-order valence-electron chi connectivity index (χ3n) is 2.77. The molecule has 1 aliphatic rings. The summed E-state index contributed by atoms with van der Waals surface area (Å²) < 4.78 is 0.951. The molecule has 1 saturated heterocycles. The summed E-state index contributed by atoms with van der Waals surface area (Å²) in [7, 11) is 0. The summed E-state index contributed by atoms with van der Waals surface area (Å²) in [5.41, 5.74) is 0.156. The first-order valence-electron chi connectivity index (χ1n) is 5.46. The van der Waals surface area contributed by atoms with Gasteiger partial charge in [-0.2, -0.15) is 0 Å². The Morgan fingerprint density at radius 1 is 1.47 bits per heavy atom. The van der Waals surface area contributed by atoms with Crippen molar-refractivity contribution in [3.8, 4) is 0 Å². The third-order valence-corrected chi connectivity index (χ3v) is 3.27. The Bertz CT molecular complexity index is 486. The number of rotatable bonds is 2. The van der Waals surface area contributed by atoms with Gasteiger partial charge in [0.2, 0.25) is 0 Å². The van der Waals surface area contributed by atoms with Crippen LogP contribution in [0.1, 0.15) is 19.4 Å². The topological polar surface area (TPSA) is 53.5 Å². The maximum absolute atomic E-state index is 12.0. The quantitative estimate of drug-likeness (QED) is 0.874. The predicted molar refractivity (Wildman–Crippen MR) is 70.7 cm³/mol. The Morgan fingerprint density at radius 2 is 2.24 bits per heavy atom. The highest BCUT2D eigenvalue weighted by molar-refractivity contribution is 9.10. The predicted octanol–water partition coefficient (Wildman–Crippen LogP) is 1.76. The van der Waals surface area contributed by atoms with E-state index in [-0.39, 0.29) is 5.91 Å². The Labute approximate surface area is 109 Å². The molecular weight excluding hydrogens is 282 g/mol. The number of nitrogens with zero attached hydrogens (tertiary/aromatic N) is 1. The van der Waals surface area contributed by atoms with E-state index in [0.717, 1.165) is 10.0 Å². The first-order chi connectivity index (χ1) is 8.06. The van der Waals surface area contributed by atoms with Crippen molar-refractivity contribution in [2.45, 2.75) is 19.4 Å². The van der Waals surface area contributed by atoms with Gasteiger partial charge in [-0.05, 0) is 31.5 Å². The molecule has 0 aliphatic carbocycles. The van der Waals surface area contributed by atoms with Crippen LogP contribution in [0.4, 0.5) is 0 Å². The van der Waals surface area contributed by atoms with Gasteiger partial charge >= 0.3 is 0 Å². The fourth-order valence-corrected chi connectivity index (χ4v) is 2.20. The third kappa shape index (κ3) is 2.20. The number of aliphatic imine (C=N–C) groups is 1. The molecule has 0 bridgehead atoms. The second-order valence-electron chi connectivity index (χ2n) is 4.04. The van der Waals surface area contributed by atoms with Crippen LogP contribution < -0.4 is 10.6 Å². The van der Waals surface area contributed by atoms with E-state index in [9.17, 15) is 4.79 Å². The van der Waals surface area contributed by atoms with Gasteiger partial charge < -0.3 is 5.32 Å². The molecular formula is C12H14BrN3O. The smallest absolute Gasteiger partial charge is 0.256 e. The minimum absolute atomic E-state index is 0.0807. The summed E-state index contributed by atoms with van der Waals surface area (Å²) in [6.45, 7) is 4.41. The van der Waals surface area contributed by atoms with E-state index in [0.29, 0.717) is 12.5 Å². The number of hydrogen-bond acceptors (Lipinski definition) is 2. The molecule has 1 aliphatic heterocycles. The number of halogens is 1. The average Bonchev–Trinajstić information content (AvgIpc) is 2.56. The maximum Gasteiger partial charge on any atom is 0.256 e. The molecule has 90 valence electrons. The summed E-state index contributed by atoms with van der Waals surface area (Å²) in [5.74, 6) is 0.461. The number of benzene rings is 1. The van der Waals surface area contributed by atoms with E-state index in [4.69, 9.17) is 0 Å². The molecule has 0 radical (unpaired) electrons. The summed E-state index contributed by atoms with van der Waals surface area (Å²) in [4.78, 5) is 16.2. The lowest BCUT2D eigenvalue weighted by atomic mass is 9.92. The van der Waals surface area contributed by atoms with Gasteiger partial charge in [0.1, 0.15) is 5.54 Å². The minimum Gasteiger partial charge on any atom is -0.338 e. The minimum atomic E-state index is -0.752. The van der Waals surface area contributed by atoms with Gasteiger partial charge in [0.15, 0.2) is 5.96 Å². The van der Waals surface area contributed by atoms with Crippen LogP contribution in [0.2, 0.25) is 0 Å². The number of hydrogen-bond donors (Lipinski definition) is 2. The van der Waals surface area contributed by atoms with E-state index in [1.165, 1.54) is 0 Å². The van der Waals surface area contributed by atoms with Crippen LogP contribution in [-0.4, -0.2) is 18.4 Å². The van der Waals surface area contributed by atoms with E-state index in [1.807, 2.05) is 38.1 Å². The highest BCUT2D eigenvalue weighted by Gasteiger charge is 2.42. The van der Waals surface area contributed by atoms with Gasteiger partial charge in [0.25, 0.3) is 5.91 Å². The molecule has 1 aromatic rings. The van der Waals surface area contributed by atoms with Crippen molar-refractivity contribution in [1.29, 1.82) is 0 Å². The lowest BCUT2D eigenvalue weighted by molar-refractivity contribution is -0.123. The van der Waals surface area contributed by atoms with Crippen LogP contribution in [0.25, 0.3) is 0 Å². The number of carbonyl (C=O) groups is 1. The largest absolute Gasteiger partial charge is 0.338 e. The molecule has 1 heterocycles. The maximum atomic E-state index is 12.0. The fourth-order valence-electron chi connectivity index (χ4n) is 1.80. The Balaban J connectivity index is 2.37. The number of carbonyl (C=O) groups excluding carboxylic acids is 1. The molecule has 1 unspecified atom stereocenters. The van der Waals surface area contributed by atoms with Crippen molar-refractivity contribution >= 4 is 27.8 Å². The fraction of sp³-hybridized carbons (Fsp3) is 0.333. The van der Waals surface area contributed by atoms with Crippen molar-refractivity contribution in [3.05, 3.63) is 34.3 Å². The van der Waals surface area contributed by atoms with Gasteiger partial charge in [0.05, 0.1) is 0 Å². The Hall–Kier alpha value is -1.36. The molecule has 0 aromatic heterocycles. The number of amides is 1. The highest BCUT2D eigenvalue weighted by atomic mass is 79.9. The first kappa shape index (κ1) is 12.1. The molecule has 1 aromatic carbocycles. The zero-order chi connectivity index (χ0) is 12.5. The van der Waals surface area contributed by atoms with E-state index in [1.54, 1.807) is 0 Å². The molecule has 17 heavy (non-hydrogen) atoms. The normalized spacial score (nSPS) is 25.8. The highest BCUT2D eigenvalue weighted by Crippen LogP contribution is 2.26. The van der Waals surface area contributed by atoms with Gasteiger partial charge in [-0.3, -0.25) is 15.1 Å². The summed E-state index contributed by atoms with van der Waals surface area (Å²) in [6.07, 6.45) is 0. The first-order valence-corrected chi connectivity index (χ1v) is 6.25. The van der Waals surface area contributed by atoms with Crippen LogP contribution >= 0.6 is 15.9 Å². The van der Waals surface area contributed by atoms with Crippen LogP contribution in [0.3, 0.4) is 0 Å². The van der Waals surface area contributed by atoms with E-state index in [2.05, 4.69) is 31.6 Å². The molecule has 1 fully saturated rings. The zero-order valence-electron chi connectivity index (χ0n) is 9.75. The van der Waals surface area contributed by atoms with Crippen molar-refractivity contribution < 1.29 is 4.79 Å². The molecule has 0 saturated carbocycles. The molecule has 2 N–H and O–H groups in total. The molecule has 4 nitrogen and oxygen atoms in total. The summed E-state index contributed by atoms with van der Waals surface area (Å²) in [5, 5.41) is 5.88. The van der Waals surface area contributed by atoms with Crippen LogP contribution in [0.5, 0.6) is 0 Å². The van der Waals surface area contributed by atoms with Crippen molar-refractivity contribution in [1.82, 2.24) is 10.6 Å². The van der Waals surface area contributed by atoms with Crippen LogP contribution in [0, 0.1) is 0 Å². The summed E-state index contributed by atoms with van der Waals surface area (Å²) in [6, 6.07) is 7.70. The lowest BCUT2D eigenvalue weighted by Crippen LogP contribution is -2.40. The van der Waals surface area contributed by atoms with Gasteiger partial charge in [-0.25, -0.2) is 0 Å². The molecule has 5 heteroatoms. The second-order valence-corrected chi connectivity index (χ2v) is 4.95. The molecule has 1 atom stereocenters. The van der Waals surface area contributed by atoms with Gasteiger partial charge in [-0.15, -0.1) is 0 Å². The van der Waals surface area contributed by atoms with E-state index >= 15 is 0 Å². The van der Waals surface area contributed by atoms with Crippen LogP contribution in [-0.2, 0) is 10.3 Å². The van der Waals surface area contributed by atoms with Crippen LogP contribution in [0.15, 0.2) is 33.7 Å². The van der Waals surface area contributed by atoms with Crippen molar-refractivity contribution in [2.24, 2.45) is 4.99 Å². The molecule has 2 rings (SSSR count). The summed E-state index contributed by atoms with van der Waals surface area (Å²) >= 11 is 3.41.